The van der Waals surface area contributed by atoms with Crippen molar-refractivity contribution in [3.05, 3.63) is 17.7 Å². The van der Waals surface area contributed by atoms with E-state index in [0.717, 1.165) is 42.1 Å². The number of hydrogen-bond acceptors (Lipinski definition) is 4. The molecule has 1 aromatic rings. The molecular weight excluding hydrogens is 254 g/mol. The lowest BCUT2D eigenvalue weighted by atomic mass is 9.77. The maximum atomic E-state index is 6.42. The van der Waals surface area contributed by atoms with Crippen LogP contribution in [0.25, 0.3) is 0 Å². The SMILES string of the molecule is COc1cc(OC)c2c(c1)OC1(CCCCC1)CC2N. The number of ether oxygens (including phenoxy) is 3. The first-order valence-electron chi connectivity index (χ1n) is 7.38. The highest BCUT2D eigenvalue weighted by Crippen LogP contribution is 2.49. The van der Waals surface area contributed by atoms with E-state index in [4.69, 9.17) is 19.9 Å². The second-order valence-electron chi connectivity index (χ2n) is 5.90. The average Bonchev–Trinajstić information content (AvgIpc) is 2.46. The zero-order valence-electron chi connectivity index (χ0n) is 12.3. The Bertz CT molecular complexity index is 495. The van der Waals surface area contributed by atoms with Gasteiger partial charge in [-0.25, -0.2) is 0 Å². The Kier molecular flexibility index (Phi) is 3.50. The van der Waals surface area contributed by atoms with Gasteiger partial charge in [-0.05, 0) is 25.7 Å². The second-order valence-corrected chi connectivity index (χ2v) is 5.90. The van der Waals surface area contributed by atoms with Crippen molar-refractivity contribution >= 4 is 0 Å². The number of hydrogen-bond donors (Lipinski definition) is 1. The van der Waals surface area contributed by atoms with Gasteiger partial charge >= 0.3 is 0 Å². The molecule has 1 aromatic carbocycles. The Morgan fingerprint density at radius 3 is 2.55 bits per heavy atom. The molecule has 4 heteroatoms. The summed E-state index contributed by atoms with van der Waals surface area (Å²) in [5.74, 6) is 2.35. The van der Waals surface area contributed by atoms with Gasteiger partial charge < -0.3 is 19.9 Å². The van der Waals surface area contributed by atoms with Gasteiger partial charge in [0.1, 0.15) is 22.8 Å². The van der Waals surface area contributed by atoms with E-state index < -0.39 is 0 Å². The number of benzene rings is 1. The molecule has 110 valence electrons. The number of fused-ring (bicyclic) bond motifs is 1. The van der Waals surface area contributed by atoms with E-state index in [2.05, 4.69) is 0 Å². The molecule has 1 fully saturated rings. The fourth-order valence-electron chi connectivity index (χ4n) is 3.59. The van der Waals surface area contributed by atoms with Crippen LogP contribution in [0.1, 0.15) is 50.1 Å². The molecule has 1 heterocycles. The summed E-state index contributed by atoms with van der Waals surface area (Å²) in [7, 11) is 3.31. The standard InChI is InChI=1S/C16H23NO3/c1-18-11-8-13(19-2)15-12(17)10-16(20-14(15)9-11)6-4-3-5-7-16/h8-9,12H,3-7,10,17H2,1-2H3. The summed E-state index contributed by atoms with van der Waals surface area (Å²) in [5, 5.41) is 0. The van der Waals surface area contributed by atoms with Crippen molar-refractivity contribution in [2.45, 2.75) is 50.2 Å². The zero-order valence-corrected chi connectivity index (χ0v) is 12.3. The van der Waals surface area contributed by atoms with Crippen LogP contribution in [0, 0.1) is 0 Å². The molecule has 0 saturated heterocycles. The number of methoxy groups -OCH3 is 2. The minimum atomic E-state index is -0.0813. The summed E-state index contributed by atoms with van der Waals surface area (Å²) < 4.78 is 17.2. The molecule has 2 N–H and O–H groups in total. The molecule has 0 bridgehead atoms. The minimum absolute atomic E-state index is 0.0299. The molecule has 20 heavy (non-hydrogen) atoms. The van der Waals surface area contributed by atoms with E-state index in [-0.39, 0.29) is 11.6 Å². The minimum Gasteiger partial charge on any atom is -0.496 e. The first-order valence-corrected chi connectivity index (χ1v) is 7.38. The van der Waals surface area contributed by atoms with Crippen LogP contribution in [0.4, 0.5) is 0 Å². The summed E-state index contributed by atoms with van der Waals surface area (Å²) >= 11 is 0. The second kappa shape index (κ2) is 5.17. The molecule has 2 aliphatic rings. The van der Waals surface area contributed by atoms with Gasteiger partial charge in [-0.1, -0.05) is 6.42 Å². The summed E-state index contributed by atoms with van der Waals surface area (Å²) in [5.41, 5.74) is 7.31. The quantitative estimate of drug-likeness (QED) is 0.902. The van der Waals surface area contributed by atoms with Crippen molar-refractivity contribution in [2.75, 3.05) is 14.2 Å². The van der Waals surface area contributed by atoms with E-state index in [1.165, 1.54) is 19.3 Å². The van der Waals surface area contributed by atoms with Crippen LogP contribution in [0.3, 0.4) is 0 Å². The summed E-state index contributed by atoms with van der Waals surface area (Å²) in [6, 6.07) is 3.78. The average molecular weight is 277 g/mol. The highest BCUT2D eigenvalue weighted by atomic mass is 16.5. The molecule has 1 saturated carbocycles. The fourth-order valence-corrected chi connectivity index (χ4v) is 3.59. The smallest absolute Gasteiger partial charge is 0.132 e. The molecule has 0 amide bonds. The Labute approximate surface area is 120 Å². The van der Waals surface area contributed by atoms with Gasteiger partial charge in [0.25, 0.3) is 0 Å². The number of nitrogens with two attached hydrogens (primary N) is 1. The molecule has 0 radical (unpaired) electrons. The lowest BCUT2D eigenvalue weighted by Gasteiger charge is -2.44. The molecule has 1 spiro atoms. The highest BCUT2D eigenvalue weighted by molar-refractivity contribution is 5.53. The van der Waals surface area contributed by atoms with Crippen molar-refractivity contribution in [3.63, 3.8) is 0 Å². The summed E-state index contributed by atoms with van der Waals surface area (Å²) in [6.45, 7) is 0. The van der Waals surface area contributed by atoms with Crippen LogP contribution >= 0.6 is 0 Å². The van der Waals surface area contributed by atoms with Crippen LogP contribution in [-0.4, -0.2) is 19.8 Å². The van der Waals surface area contributed by atoms with Crippen LogP contribution in [0.2, 0.25) is 0 Å². The molecule has 3 rings (SSSR count). The van der Waals surface area contributed by atoms with Gasteiger partial charge in [0, 0.05) is 24.6 Å². The van der Waals surface area contributed by atoms with Gasteiger partial charge in [0.15, 0.2) is 0 Å². The molecular formula is C16H23NO3. The molecule has 1 aliphatic heterocycles. The van der Waals surface area contributed by atoms with Crippen LogP contribution in [0.15, 0.2) is 12.1 Å². The lowest BCUT2D eigenvalue weighted by Crippen LogP contribution is -2.44. The monoisotopic (exact) mass is 277 g/mol. The molecule has 0 aromatic heterocycles. The van der Waals surface area contributed by atoms with E-state index >= 15 is 0 Å². The third-order valence-electron chi connectivity index (χ3n) is 4.59. The molecule has 4 nitrogen and oxygen atoms in total. The maximum Gasteiger partial charge on any atom is 0.132 e. The molecule has 1 unspecified atom stereocenters. The maximum absolute atomic E-state index is 6.42. The van der Waals surface area contributed by atoms with Gasteiger partial charge in [-0.15, -0.1) is 0 Å². The third-order valence-corrected chi connectivity index (χ3v) is 4.59. The molecule has 1 atom stereocenters. The highest BCUT2D eigenvalue weighted by Gasteiger charge is 2.42. The largest absolute Gasteiger partial charge is 0.496 e. The third kappa shape index (κ3) is 2.22. The first-order chi connectivity index (χ1) is 9.67. The Balaban J connectivity index is 2.01. The van der Waals surface area contributed by atoms with Crippen molar-refractivity contribution < 1.29 is 14.2 Å². The van der Waals surface area contributed by atoms with E-state index in [1.807, 2.05) is 12.1 Å². The summed E-state index contributed by atoms with van der Waals surface area (Å²) in [4.78, 5) is 0. The fraction of sp³-hybridized carbons (Fsp3) is 0.625. The van der Waals surface area contributed by atoms with E-state index in [0.29, 0.717) is 0 Å². The topological polar surface area (TPSA) is 53.7 Å². The normalized spacial score (nSPS) is 23.9. The van der Waals surface area contributed by atoms with Gasteiger partial charge in [-0.3, -0.25) is 0 Å². The van der Waals surface area contributed by atoms with Crippen molar-refractivity contribution in [1.29, 1.82) is 0 Å². The molecule has 1 aliphatic carbocycles. The van der Waals surface area contributed by atoms with Gasteiger partial charge in [-0.2, -0.15) is 0 Å². The van der Waals surface area contributed by atoms with Crippen LogP contribution in [0.5, 0.6) is 17.2 Å². The number of rotatable bonds is 2. The van der Waals surface area contributed by atoms with Gasteiger partial charge in [0.2, 0.25) is 0 Å². The lowest BCUT2D eigenvalue weighted by molar-refractivity contribution is 0.00109. The van der Waals surface area contributed by atoms with E-state index in [9.17, 15) is 0 Å². The zero-order chi connectivity index (χ0) is 14.2. The van der Waals surface area contributed by atoms with E-state index in [1.54, 1.807) is 14.2 Å². The summed E-state index contributed by atoms with van der Waals surface area (Å²) in [6.07, 6.45) is 6.82. The van der Waals surface area contributed by atoms with Crippen molar-refractivity contribution in [3.8, 4) is 17.2 Å². The predicted molar refractivity (Wildman–Crippen MR) is 77.5 cm³/mol. The van der Waals surface area contributed by atoms with Crippen LogP contribution in [-0.2, 0) is 0 Å². The first kappa shape index (κ1) is 13.6. The van der Waals surface area contributed by atoms with Crippen LogP contribution < -0.4 is 19.9 Å². The predicted octanol–water partition coefficient (Wildman–Crippen LogP) is 3.19. The Morgan fingerprint density at radius 2 is 1.90 bits per heavy atom. The van der Waals surface area contributed by atoms with Crippen molar-refractivity contribution in [1.82, 2.24) is 0 Å². The van der Waals surface area contributed by atoms with Gasteiger partial charge in [0.05, 0.1) is 19.8 Å². The Hall–Kier alpha value is -1.42. The Morgan fingerprint density at radius 1 is 1.15 bits per heavy atom. The van der Waals surface area contributed by atoms with Crippen molar-refractivity contribution in [2.24, 2.45) is 5.73 Å².